The minimum atomic E-state index is -0.430. The van der Waals surface area contributed by atoms with Gasteiger partial charge in [-0.2, -0.15) is 0 Å². The minimum absolute atomic E-state index is 0.317. The van der Waals surface area contributed by atoms with E-state index in [1.165, 1.54) is 25.7 Å². The number of carbonyl (C=O) groups is 1. The fourth-order valence-electron chi connectivity index (χ4n) is 2.57. The highest BCUT2D eigenvalue weighted by Crippen LogP contribution is 2.27. The molecule has 1 saturated carbocycles. The molecular formula is C14H28N2O2. The van der Waals surface area contributed by atoms with Crippen molar-refractivity contribution < 1.29 is 9.53 Å². The SMILES string of the molecule is CC(C)(C)OC(=O)NCC1CCCCCC1CN. The lowest BCUT2D eigenvalue weighted by Crippen LogP contribution is -2.38. The maximum absolute atomic E-state index is 11.6. The predicted octanol–water partition coefficient (Wildman–Crippen LogP) is 2.67. The summed E-state index contributed by atoms with van der Waals surface area (Å²) >= 11 is 0. The van der Waals surface area contributed by atoms with Crippen LogP contribution in [0.3, 0.4) is 0 Å². The third-order valence-corrected chi connectivity index (χ3v) is 3.53. The molecule has 0 spiro atoms. The van der Waals surface area contributed by atoms with Crippen LogP contribution in [0.5, 0.6) is 0 Å². The number of rotatable bonds is 3. The Bertz CT molecular complexity index is 261. The van der Waals surface area contributed by atoms with Crippen LogP contribution < -0.4 is 11.1 Å². The van der Waals surface area contributed by atoms with Crippen LogP contribution in [0.1, 0.15) is 52.9 Å². The first-order valence-corrected chi connectivity index (χ1v) is 7.09. The highest BCUT2D eigenvalue weighted by atomic mass is 16.6. The van der Waals surface area contributed by atoms with E-state index in [1.807, 2.05) is 20.8 Å². The Morgan fingerprint density at radius 1 is 1.22 bits per heavy atom. The van der Waals surface area contributed by atoms with Gasteiger partial charge >= 0.3 is 6.09 Å². The fourth-order valence-corrected chi connectivity index (χ4v) is 2.57. The van der Waals surface area contributed by atoms with Gasteiger partial charge in [-0.25, -0.2) is 4.79 Å². The second kappa shape index (κ2) is 6.98. The van der Waals surface area contributed by atoms with E-state index in [4.69, 9.17) is 10.5 Å². The van der Waals surface area contributed by atoms with Crippen LogP contribution >= 0.6 is 0 Å². The molecule has 1 amide bonds. The van der Waals surface area contributed by atoms with Crippen LogP contribution in [-0.4, -0.2) is 24.8 Å². The van der Waals surface area contributed by atoms with Gasteiger partial charge < -0.3 is 15.8 Å². The first kappa shape index (κ1) is 15.3. The second-order valence-corrected chi connectivity index (χ2v) is 6.28. The number of alkyl carbamates (subject to hydrolysis) is 1. The number of nitrogens with two attached hydrogens (primary N) is 1. The van der Waals surface area contributed by atoms with Gasteiger partial charge in [0.25, 0.3) is 0 Å². The first-order valence-electron chi connectivity index (χ1n) is 7.09. The van der Waals surface area contributed by atoms with Crippen LogP contribution in [0.25, 0.3) is 0 Å². The molecule has 0 bridgehead atoms. The maximum Gasteiger partial charge on any atom is 0.407 e. The molecule has 4 nitrogen and oxygen atoms in total. The van der Waals surface area contributed by atoms with Crippen LogP contribution in [0.2, 0.25) is 0 Å². The van der Waals surface area contributed by atoms with Crippen molar-refractivity contribution in [1.82, 2.24) is 5.32 Å². The summed E-state index contributed by atoms with van der Waals surface area (Å²) in [5, 5.41) is 2.88. The fraction of sp³-hybridized carbons (Fsp3) is 0.929. The Hall–Kier alpha value is -0.770. The van der Waals surface area contributed by atoms with Gasteiger partial charge in [-0.15, -0.1) is 0 Å². The van der Waals surface area contributed by atoms with Gasteiger partial charge in [-0.1, -0.05) is 19.3 Å². The molecule has 0 aromatic heterocycles. The van der Waals surface area contributed by atoms with E-state index in [0.717, 1.165) is 13.0 Å². The highest BCUT2D eigenvalue weighted by molar-refractivity contribution is 5.67. The Kier molecular flexibility index (Phi) is 5.93. The molecule has 2 atom stereocenters. The molecule has 0 aromatic rings. The molecule has 106 valence electrons. The average molecular weight is 256 g/mol. The normalized spacial score (nSPS) is 25.3. The van der Waals surface area contributed by atoms with E-state index < -0.39 is 5.60 Å². The number of hydrogen-bond acceptors (Lipinski definition) is 3. The monoisotopic (exact) mass is 256 g/mol. The standard InChI is InChI=1S/C14H28N2O2/c1-14(2,3)18-13(17)16-10-12-8-6-4-5-7-11(12)9-15/h11-12H,4-10,15H2,1-3H3,(H,16,17). The molecule has 1 aliphatic carbocycles. The van der Waals surface area contributed by atoms with Crippen LogP contribution in [0.4, 0.5) is 4.79 Å². The van der Waals surface area contributed by atoms with Gasteiger partial charge in [0, 0.05) is 6.54 Å². The topological polar surface area (TPSA) is 64.3 Å². The van der Waals surface area contributed by atoms with Crippen molar-refractivity contribution in [3.8, 4) is 0 Å². The maximum atomic E-state index is 11.6. The molecule has 0 heterocycles. The van der Waals surface area contributed by atoms with E-state index in [0.29, 0.717) is 18.4 Å². The van der Waals surface area contributed by atoms with Crippen LogP contribution in [0.15, 0.2) is 0 Å². The Morgan fingerprint density at radius 2 is 1.83 bits per heavy atom. The Morgan fingerprint density at radius 3 is 2.39 bits per heavy atom. The second-order valence-electron chi connectivity index (χ2n) is 6.28. The summed E-state index contributed by atoms with van der Waals surface area (Å²) in [5.74, 6) is 1.05. The summed E-state index contributed by atoms with van der Waals surface area (Å²) in [6.07, 6.45) is 5.85. The quantitative estimate of drug-likeness (QED) is 0.763. The predicted molar refractivity (Wildman–Crippen MR) is 73.4 cm³/mol. The van der Waals surface area contributed by atoms with E-state index >= 15 is 0 Å². The molecule has 18 heavy (non-hydrogen) atoms. The van der Waals surface area contributed by atoms with Crippen molar-refractivity contribution in [1.29, 1.82) is 0 Å². The molecule has 0 aromatic carbocycles. The first-order chi connectivity index (χ1) is 8.42. The number of carbonyl (C=O) groups excluding carboxylic acids is 1. The number of ether oxygens (including phenoxy) is 1. The lowest BCUT2D eigenvalue weighted by atomic mass is 9.88. The molecule has 2 unspecified atom stereocenters. The van der Waals surface area contributed by atoms with Crippen molar-refractivity contribution in [2.75, 3.05) is 13.1 Å². The number of amides is 1. The summed E-state index contributed by atoms with van der Waals surface area (Å²) in [6, 6.07) is 0. The van der Waals surface area contributed by atoms with Crippen molar-refractivity contribution in [2.45, 2.75) is 58.5 Å². The Balaban J connectivity index is 2.37. The van der Waals surface area contributed by atoms with Crippen LogP contribution in [0, 0.1) is 11.8 Å². The molecule has 1 aliphatic rings. The molecule has 4 heteroatoms. The third kappa shape index (κ3) is 5.71. The van der Waals surface area contributed by atoms with Gasteiger partial charge in [0.2, 0.25) is 0 Å². The lowest BCUT2D eigenvalue weighted by molar-refractivity contribution is 0.0512. The molecule has 0 saturated heterocycles. The molecule has 3 N–H and O–H groups in total. The minimum Gasteiger partial charge on any atom is -0.444 e. The zero-order valence-electron chi connectivity index (χ0n) is 12.0. The van der Waals surface area contributed by atoms with E-state index in [-0.39, 0.29) is 6.09 Å². The van der Waals surface area contributed by atoms with E-state index in [2.05, 4.69) is 5.32 Å². The van der Waals surface area contributed by atoms with Crippen molar-refractivity contribution in [3.05, 3.63) is 0 Å². The molecule has 0 radical (unpaired) electrons. The summed E-state index contributed by atoms with van der Waals surface area (Å²) in [7, 11) is 0. The molecule has 1 fully saturated rings. The lowest BCUT2D eigenvalue weighted by Gasteiger charge is -2.25. The summed E-state index contributed by atoms with van der Waals surface area (Å²) < 4.78 is 5.25. The van der Waals surface area contributed by atoms with Gasteiger partial charge in [0.15, 0.2) is 0 Å². The van der Waals surface area contributed by atoms with Crippen molar-refractivity contribution in [2.24, 2.45) is 17.6 Å². The summed E-state index contributed by atoms with van der Waals surface area (Å²) in [4.78, 5) is 11.6. The Labute approximate surface area is 111 Å². The largest absolute Gasteiger partial charge is 0.444 e. The van der Waals surface area contributed by atoms with Gasteiger partial charge in [0.05, 0.1) is 0 Å². The number of nitrogens with one attached hydrogen (secondary N) is 1. The van der Waals surface area contributed by atoms with E-state index in [9.17, 15) is 4.79 Å². The van der Waals surface area contributed by atoms with Gasteiger partial charge in [-0.3, -0.25) is 0 Å². The van der Waals surface area contributed by atoms with Crippen molar-refractivity contribution >= 4 is 6.09 Å². The zero-order valence-corrected chi connectivity index (χ0v) is 12.0. The highest BCUT2D eigenvalue weighted by Gasteiger charge is 2.24. The third-order valence-electron chi connectivity index (χ3n) is 3.53. The molecule has 0 aliphatic heterocycles. The average Bonchev–Trinajstić information content (AvgIpc) is 2.48. The smallest absolute Gasteiger partial charge is 0.407 e. The zero-order chi connectivity index (χ0) is 13.6. The van der Waals surface area contributed by atoms with Gasteiger partial charge in [-0.05, 0) is 52.0 Å². The molecule has 1 rings (SSSR count). The van der Waals surface area contributed by atoms with E-state index in [1.54, 1.807) is 0 Å². The van der Waals surface area contributed by atoms with Gasteiger partial charge in [0.1, 0.15) is 5.60 Å². The number of hydrogen-bond donors (Lipinski definition) is 2. The molecular weight excluding hydrogens is 228 g/mol. The van der Waals surface area contributed by atoms with Crippen LogP contribution in [-0.2, 0) is 4.74 Å². The summed E-state index contributed by atoms with van der Waals surface area (Å²) in [5.41, 5.74) is 5.40. The van der Waals surface area contributed by atoms with Crippen molar-refractivity contribution in [3.63, 3.8) is 0 Å². The summed E-state index contributed by atoms with van der Waals surface area (Å²) in [6.45, 7) is 7.04.